The molecule has 2 aromatic carbocycles. The van der Waals surface area contributed by atoms with Gasteiger partial charge in [0.15, 0.2) is 0 Å². The molecule has 0 bridgehead atoms. The summed E-state index contributed by atoms with van der Waals surface area (Å²) in [6.45, 7) is 0. The third-order valence-electron chi connectivity index (χ3n) is 4.64. The van der Waals surface area contributed by atoms with E-state index in [0.717, 1.165) is 44.7 Å². The Morgan fingerprint density at radius 3 is 1.95 bits per heavy atom. The molecule has 4 rings (SSSR count). The van der Waals surface area contributed by atoms with Gasteiger partial charge in [-0.2, -0.15) is 0 Å². The Balaban J connectivity index is 1.94. The average Bonchev–Trinajstić information content (AvgIpc) is 2.71. The molecule has 1 aliphatic carbocycles. The Morgan fingerprint density at radius 1 is 1.00 bits per heavy atom. The van der Waals surface area contributed by atoms with Gasteiger partial charge in [-0.3, -0.25) is 5.41 Å². The molecule has 112 valence electrons. The zero-order chi connectivity index (χ0) is 15.4. The number of halogens is 2. The van der Waals surface area contributed by atoms with Crippen LogP contribution in [0.15, 0.2) is 36.4 Å². The highest BCUT2D eigenvalue weighted by Crippen LogP contribution is 2.43. The van der Waals surface area contributed by atoms with Crippen LogP contribution in [-0.4, -0.2) is 10.4 Å². The van der Waals surface area contributed by atoms with E-state index < -0.39 is 0 Å². The third kappa shape index (κ3) is 2.00. The minimum atomic E-state index is 0.206. The van der Waals surface area contributed by atoms with Crippen LogP contribution in [0.4, 0.5) is 0 Å². The molecule has 1 saturated carbocycles. The largest absolute Gasteiger partial charge is 0.387 e. The molecule has 0 aliphatic heterocycles. The highest BCUT2D eigenvalue weighted by Gasteiger charge is 2.34. The molecular weight excluding hydrogens is 317 g/mol. The standard InChI is InChI=1S/C17H15Cl2N3/c18-10-1-3-15-13(7-10)14-8-11(19)2-4-16(14)22(15)12-5-9(6-12)17(20)21/h1-4,7-9,12H,5-6H2,(H3,20,21)/t9-,12-. The molecule has 5 heteroatoms. The Morgan fingerprint density at radius 2 is 1.50 bits per heavy atom. The second-order valence-corrected chi connectivity index (χ2v) is 6.84. The molecule has 0 atom stereocenters. The number of nitrogens with two attached hydrogens (primary N) is 1. The molecule has 0 amide bonds. The lowest BCUT2D eigenvalue weighted by Crippen LogP contribution is -2.35. The molecule has 0 saturated heterocycles. The molecule has 1 aromatic heterocycles. The van der Waals surface area contributed by atoms with Crippen molar-refractivity contribution in [1.29, 1.82) is 5.41 Å². The Bertz CT molecular complexity index is 848. The zero-order valence-corrected chi connectivity index (χ0v) is 13.3. The van der Waals surface area contributed by atoms with Crippen molar-refractivity contribution in [3.63, 3.8) is 0 Å². The van der Waals surface area contributed by atoms with Crippen LogP contribution in [0.2, 0.25) is 10.0 Å². The Kier molecular flexibility index (Phi) is 3.10. The first kappa shape index (κ1) is 13.9. The number of amidine groups is 1. The predicted molar refractivity (Wildman–Crippen MR) is 93.1 cm³/mol. The predicted octanol–water partition coefficient (Wildman–Crippen LogP) is 4.99. The second-order valence-electron chi connectivity index (χ2n) is 5.97. The van der Waals surface area contributed by atoms with Gasteiger partial charge in [0.1, 0.15) is 0 Å². The lowest BCUT2D eigenvalue weighted by atomic mass is 9.79. The number of rotatable bonds is 2. The number of hydrogen-bond acceptors (Lipinski definition) is 1. The average molecular weight is 332 g/mol. The van der Waals surface area contributed by atoms with Crippen LogP contribution in [-0.2, 0) is 0 Å². The summed E-state index contributed by atoms with van der Waals surface area (Å²) in [7, 11) is 0. The van der Waals surface area contributed by atoms with Crippen LogP contribution < -0.4 is 5.73 Å². The molecule has 0 spiro atoms. The van der Waals surface area contributed by atoms with E-state index in [-0.39, 0.29) is 5.92 Å². The van der Waals surface area contributed by atoms with E-state index >= 15 is 0 Å². The number of nitrogens with zero attached hydrogens (tertiary/aromatic N) is 1. The van der Waals surface area contributed by atoms with E-state index in [9.17, 15) is 0 Å². The summed E-state index contributed by atoms with van der Waals surface area (Å²) in [5.74, 6) is 0.500. The summed E-state index contributed by atoms with van der Waals surface area (Å²) in [6.07, 6.45) is 1.83. The lowest BCUT2D eigenvalue weighted by molar-refractivity contribution is 0.268. The van der Waals surface area contributed by atoms with Crippen LogP contribution in [0.5, 0.6) is 0 Å². The Hall–Kier alpha value is -1.71. The van der Waals surface area contributed by atoms with Crippen molar-refractivity contribution in [2.45, 2.75) is 18.9 Å². The highest BCUT2D eigenvalue weighted by atomic mass is 35.5. The Labute approximate surface area is 138 Å². The monoisotopic (exact) mass is 331 g/mol. The summed E-state index contributed by atoms with van der Waals surface area (Å²) in [6, 6.07) is 12.3. The smallest absolute Gasteiger partial charge is 0.0938 e. The summed E-state index contributed by atoms with van der Waals surface area (Å²) in [4.78, 5) is 0. The SMILES string of the molecule is N=C(N)[C@H]1C[C@H](n2c3ccc(Cl)cc3c3cc(Cl)ccc32)C1. The topological polar surface area (TPSA) is 54.8 Å². The number of hydrogen-bond donors (Lipinski definition) is 2. The normalized spacial score (nSPS) is 21.2. The van der Waals surface area contributed by atoms with Crippen molar-refractivity contribution in [3.05, 3.63) is 46.4 Å². The number of benzene rings is 2. The summed E-state index contributed by atoms with van der Waals surface area (Å²) in [5.41, 5.74) is 7.94. The van der Waals surface area contributed by atoms with Gasteiger partial charge < -0.3 is 10.3 Å². The summed E-state index contributed by atoms with van der Waals surface area (Å²) >= 11 is 12.3. The van der Waals surface area contributed by atoms with Crippen LogP contribution in [0.25, 0.3) is 21.8 Å². The minimum absolute atomic E-state index is 0.206. The molecule has 0 radical (unpaired) electrons. The molecule has 3 nitrogen and oxygen atoms in total. The van der Waals surface area contributed by atoms with Crippen molar-refractivity contribution in [2.75, 3.05) is 0 Å². The maximum absolute atomic E-state index is 7.58. The third-order valence-corrected chi connectivity index (χ3v) is 5.11. The van der Waals surface area contributed by atoms with E-state index in [1.165, 1.54) is 0 Å². The molecule has 3 aromatic rings. The van der Waals surface area contributed by atoms with Gasteiger partial charge in [-0.1, -0.05) is 23.2 Å². The summed E-state index contributed by atoms with van der Waals surface area (Å²) < 4.78 is 2.34. The first-order valence-electron chi connectivity index (χ1n) is 7.27. The van der Waals surface area contributed by atoms with E-state index in [0.29, 0.717) is 11.9 Å². The van der Waals surface area contributed by atoms with E-state index in [1.807, 2.05) is 24.3 Å². The number of nitrogens with one attached hydrogen (secondary N) is 1. The summed E-state index contributed by atoms with van der Waals surface area (Å²) in [5, 5.41) is 11.3. The van der Waals surface area contributed by atoms with Gasteiger partial charge in [-0.15, -0.1) is 0 Å². The maximum Gasteiger partial charge on any atom is 0.0938 e. The van der Waals surface area contributed by atoms with Gasteiger partial charge in [0.25, 0.3) is 0 Å². The molecule has 22 heavy (non-hydrogen) atoms. The first-order valence-corrected chi connectivity index (χ1v) is 8.03. The van der Waals surface area contributed by atoms with Crippen molar-refractivity contribution < 1.29 is 0 Å². The fraction of sp³-hybridized carbons (Fsp3) is 0.235. The van der Waals surface area contributed by atoms with Crippen LogP contribution in [0, 0.1) is 11.3 Å². The van der Waals surface area contributed by atoms with Crippen molar-refractivity contribution in [2.24, 2.45) is 11.7 Å². The molecule has 0 unspecified atom stereocenters. The van der Waals surface area contributed by atoms with Gasteiger partial charge in [0.05, 0.1) is 5.84 Å². The maximum atomic E-state index is 7.58. The van der Waals surface area contributed by atoms with E-state index in [2.05, 4.69) is 16.7 Å². The van der Waals surface area contributed by atoms with Gasteiger partial charge in [0.2, 0.25) is 0 Å². The number of aromatic nitrogens is 1. The molecule has 1 fully saturated rings. The van der Waals surface area contributed by atoms with Crippen LogP contribution in [0.1, 0.15) is 18.9 Å². The minimum Gasteiger partial charge on any atom is -0.387 e. The van der Waals surface area contributed by atoms with Gasteiger partial charge in [-0.25, -0.2) is 0 Å². The van der Waals surface area contributed by atoms with E-state index in [1.54, 1.807) is 0 Å². The van der Waals surface area contributed by atoms with Crippen molar-refractivity contribution in [3.8, 4) is 0 Å². The fourth-order valence-electron chi connectivity index (χ4n) is 3.44. The molecular formula is C17H15Cl2N3. The number of fused-ring (bicyclic) bond motifs is 3. The molecule has 1 aliphatic rings. The molecule has 1 heterocycles. The zero-order valence-electron chi connectivity index (χ0n) is 11.8. The fourth-order valence-corrected chi connectivity index (χ4v) is 3.79. The van der Waals surface area contributed by atoms with Crippen LogP contribution >= 0.6 is 23.2 Å². The van der Waals surface area contributed by atoms with Crippen molar-refractivity contribution in [1.82, 2.24) is 4.57 Å². The molecule has 3 N–H and O–H groups in total. The van der Waals surface area contributed by atoms with Gasteiger partial charge in [0, 0.05) is 43.8 Å². The van der Waals surface area contributed by atoms with Crippen molar-refractivity contribution >= 4 is 50.8 Å². The van der Waals surface area contributed by atoms with E-state index in [4.69, 9.17) is 34.3 Å². The second kappa shape index (κ2) is 4.90. The van der Waals surface area contributed by atoms with Crippen LogP contribution in [0.3, 0.4) is 0 Å². The lowest BCUT2D eigenvalue weighted by Gasteiger charge is -2.36. The quantitative estimate of drug-likeness (QED) is 0.504. The first-order chi connectivity index (χ1) is 10.5. The van der Waals surface area contributed by atoms with Gasteiger partial charge >= 0.3 is 0 Å². The van der Waals surface area contributed by atoms with Gasteiger partial charge in [-0.05, 0) is 49.2 Å². The highest BCUT2D eigenvalue weighted by molar-refractivity contribution is 6.33.